The fourth-order valence-electron chi connectivity index (χ4n) is 2.03. The second-order valence-electron chi connectivity index (χ2n) is 5.62. The Bertz CT molecular complexity index is 837. The topological polar surface area (TPSA) is 111 Å². The third kappa shape index (κ3) is 8.85. The van der Waals surface area contributed by atoms with E-state index in [0.29, 0.717) is 5.75 Å². The maximum absolute atomic E-state index is 12.8. The molecule has 0 spiro atoms. The average molecular weight is 407 g/mol. The predicted octanol–water partition coefficient (Wildman–Crippen LogP) is 3.12. The van der Waals surface area contributed by atoms with Gasteiger partial charge in [-0.25, -0.2) is 9.18 Å². The Morgan fingerprint density at radius 3 is 2.24 bits per heavy atom. The number of rotatable bonds is 7. The van der Waals surface area contributed by atoms with Gasteiger partial charge in [0.2, 0.25) is 5.91 Å². The second-order valence-corrected chi connectivity index (χ2v) is 5.62. The fourth-order valence-corrected chi connectivity index (χ4v) is 2.03. The number of nitrogens with one attached hydrogen (secondary N) is 1. The zero-order valence-corrected chi connectivity index (χ0v) is 16.2. The highest BCUT2D eigenvalue weighted by Crippen LogP contribution is 2.23. The molecule has 1 amide bonds. The lowest BCUT2D eigenvalue weighted by Crippen LogP contribution is -2.16. The van der Waals surface area contributed by atoms with E-state index in [1.165, 1.54) is 42.5 Å². The van der Waals surface area contributed by atoms with Crippen molar-refractivity contribution >= 4 is 23.5 Å². The summed E-state index contributed by atoms with van der Waals surface area (Å²) >= 11 is 0. The van der Waals surface area contributed by atoms with Crippen LogP contribution in [0.1, 0.15) is 23.7 Å². The van der Waals surface area contributed by atoms with Gasteiger partial charge in [-0.1, -0.05) is 0 Å². The molecule has 2 rings (SSSR count). The number of halogens is 1. The van der Waals surface area contributed by atoms with E-state index < -0.39 is 17.8 Å². The molecular weight excluding hydrogens is 385 g/mol. The summed E-state index contributed by atoms with van der Waals surface area (Å²) in [7, 11) is 3.25. The number of carboxylic acids is 1. The van der Waals surface area contributed by atoms with Gasteiger partial charge in [0.05, 0.1) is 13.0 Å². The molecule has 0 aromatic heterocycles. The van der Waals surface area contributed by atoms with Crippen molar-refractivity contribution in [3.05, 3.63) is 53.8 Å². The van der Waals surface area contributed by atoms with Crippen LogP contribution in [0.5, 0.6) is 11.5 Å². The number of carboxylic acid groups (broad SMARTS) is 1. The van der Waals surface area contributed by atoms with Gasteiger partial charge in [0.15, 0.2) is 0 Å². The minimum absolute atomic E-state index is 0.00544. The van der Waals surface area contributed by atoms with Crippen LogP contribution in [0, 0.1) is 5.82 Å². The highest BCUT2D eigenvalue weighted by molar-refractivity contribution is 5.96. The van der Waals surface area contributed by atoms with Crippen LogP contribution in [-0.2, 0) is 14.3 Å². The number of anilines is 1. The Labute approximate surface area is 167 Å². The van der Waals surface area contributed by atoms with Crippen molar-refractivity contribution in [3.63, 3.8) is 0 Å². The monoisotopic (exact) mass is 407 g/mol. The first-order valence-electron chi connectivity index (χ1n) is 8.41. The van der Waals surface area contributed by atoms with Gasteiger partial charge in [-0.15, -0.1) is 0 Å². The summed E-state index contributed by atoms with van der Waals surface area (Å²) in [6.45, 7) is 1.22. The maximum Gasteiger partial charge on any atom is 0.339 e. The van der Waals surface area contributed by atoms with Crippen LogP contribution in [0.25, 0.3) is 0 Å². The van der Waals surface area contributed by atoms with Crippen LogP contribution in [0.2, 0.25) is 0 Å². The molecule has 0 unspecified atom stereocenters. The van der Waals surface area contributed by atoms with Crippen molar-refractivity contribution in [1.82, 2.24) is 0 Å². The summed E-state index contributed by atoms with van der Waals surface area (Å²) in [5, 5.41) is 11.7. The van der Waals surface area contributed by atoms with Crippen molar-refractivity contribution in [2.75, 3.05) is 26.1 Å². The van der Waals surface area contributed by atoms with Gasteiger partial charge < -0.3 is 24.6 Å². The molecule has 0 aliphatic heterocycles. The largest absolute Gasteiger partial charge is 0.493 e. The second kappa shape index (κ2) is 12.1. The lowest BCUT2D eigenvalue weighted by Gasteiger charge is -2.10. The van der Waals surface area contributed by atoms with E-state index in [1.54, 1.807) is 14.2 Å². The van der Waals surface area contributed by atoms with Gasteiger partial charge in [0.1, 0.15) is 22.9 Å². The number of carbonyl (C=O) groups excluding carboxylic acids is 2. The van der Waals surface area contributed by atoms with Crippen LogP contribution in [0.15, 0.2) is 42.5 Å². The number of hydrogen-bond acceptors (Lipinski definition) is 6. The molecule has 0 radical (unpaired) electrons. The van der Waals surface area contributed by atoms with Crippen LogP contribution in [-0.4, -0.2) is 43.8 Å². The summed E-state index contributed by atoms with van der Waals surface area (Å²) in [4.78, 5) is 34.1. The molecule has 0 saturated heterocycles. The minimum Gasteiger partial charge on any atom is -0.493 e. The lowest BCUT2D eigenvalue weighted by atomic mass is 10.1. The highest BCUT2D eigenvalue weighted by atomic mass is 19.1. The molecule has 0 heterocycles. The number of hydrogen-bond donors (Lipinski definition) is 2. The SMILES string of the molecule is CC(=O)Oc1ccc(NC(=O)CCOc2ccc(F)cc2)cc1C(=O)O.COC. The Kier molecular flexibility index (Phi) is 9.83. The van der Waals surface area contributed by atoms with Crippen molar-refractivity contribution in [2.45, 2.75) is 13.3 Å². The van der Waals surface area contributed by atoms with Crippen molar-refractivity contribution < 1.29 is 38.1 Å². The van der Waals surface area contributed by atoms with Crippen LogP contribution >= 0.6 is 0 Å². The molecule has 2 aromatic carbocycles. The molecule has 0 atom stereocenters. The molecule has 0 aliphatic carbocycles. The smallest absolute Gasteiger partial charge is 0.339 e. The maximum atomic E-state index is 12.8. The zero-order chi connectivity index (χ0) is 21.8. The number of amides is 1. The Hall–Kier alpha value is -3.46. The molecular formula is C20H22FNO7. The van der Waals surface area contributed by atoms with Crippen molar-refractivity contribution in [3.8, 4) is 11.5 Å². The molecule has 2 N–H and O–H groups in total. The van der Waals surface area contributed by atoms with E-state index in [-0.39, 0.29) is 35.8 Å². The van der Waals surface area contributed by atoms with Crippen molar-refractivity contribution in [1.29, 1.82) is 0 Å². The summed E-state index contributed by atoms with van der Waals surface area (Å²) < 4.78 is 27.2. The van der Waals surface area contributed by atoms with E-state index in [1.807, 2.05) is 0 Å². The van der Waals surface area contributed by atoms with Gasteiger partial charge in [0, 0.05) is 26.8 Å². The molecule has 0 bridgehead atoms. The van der Waals surface area contributed by atoms with E-state index in [4.69, 9.17) is 9.47 Å². The molecule has 0 fully saturated rings. The Morgan fingerprint density at radius 2 is 1.69 bits per heavy atom. The number of ether oxygens (including phenoxy) is 3. The fraction of sp³-hybridized carbons (Fsp3) is 0.250. The van der Waals surface area contributed by atoms with E-state index >= 15 is 0 Å². The standard InChI is InChI=1S/C18H16FNO6.C2H6O/c1-11(21)26-16-7-4-13(10-15(16)18(23)24)20-17(22)8-9-25-14-5-2-12(19)3-6-14;1-3-2/h2-7,10H,8-9H2,1H3,(H,20,22)(H,23,24);1-2H3. The van der Waals surface area contributed by atoms with E-state index in [0.717, 1.165) is 6.92 Å². The van der Waals surface area contributed by atoms with Gasteiger partial charge in [-0.2, -0.15) is 0 Å². The molecule has 9 heteroatoms. The number of carbonyl (C=O) groups is 3. The van der Waals surface area contributed by atoms with Gasteiger partial charge in [-0.05, 0) is 42.5 Å². The Balaban J connectivity index is 0.00000132. The lowest BCUT2D eigenvalue weighted by molar-refractivity contribution is -0.131. The van der Waals surface area contributed by atoms with Crippen molar-refractivity contribution in [2.24, 2.45) is 0 Å². The molecule has 0 aliphatic rings. The van der Waals surface area contributed by atoms with Crippen LogP contribution < -0.4 is 14.8 Å². The first-order valence-corrected chi connectivity index (χ1v) is 8.41. The van der Waals surface area contributed by atoms with Crippen LogP contribution in [0.4, 0.5) is 10.1 Å². The minimum atomic E-state index is -1.29. The molecule has 8 nitrogen and oxygen atoms in total. The van der Waals surface area contributed by atoms with Gasteiger partial charge >= 0.3 is 11.9 Å². The third-order valence-corrected chi connectivity index (χ3v) is 3.16. The molecule has 156 valence electrons. The number of benzene rings is 2. The first-order chi connectivity index (χ1) is 13.8. The summed E-state index contributed by atoms with van der Waals surface area (Å²) in [5.74, 6) is -2.41. The normalized spacial score (nSPS) is 9.66. The van der Waals surface area contributed by atoms with Gasteiger partial charge in [0.25, 0.3) is 0 Å². The summed E-state index contributed by atoms with van der Waals surface area (Å²) in [5.41, 5.74) is -0.00866. The highest BCUT2D eigenvalue weighted by Gasteiger charge is 2.15. The zero-order valence-electron chi connectivity index (χ0n) is 16.2. The van der Waals surface area contributed by atoms with Crippen LogP contribution in [0.3, 0.4) is 0 Å². The first kappa shape index (κ1) is 23.6. The Morgan fingerprint density at radius 1 is 1.07 bits per heavy atom. The quantitative estimate of drug-likeness (QED) is 0.536. The molecule has 0 saturated carbocycles. The molecule has 29 heavy (non-hydrogen) atoms. The average Bonchev–Trinajstić information content (AvgIpc) is 2.64. The summed E-state index contributed by atoms with van der Waals surface area (Å²) in [6.07, 6.45) is 0.00544. The third-order valence-electron chi connectivity index (χ3n) is 3.16. The van der Waals surface area contributed by atoms with Gasteiger partial charge in [-0.3, -0.25) is 9.59 Å². The predicted molar refractivity (Wildman–Crippen MR) is 103 cm³/mol. The number of esters is 1. The number of methoxy groups -OCH3 is 1. The van der Waals surface area contributed by atoms with E-state index in [9.17, 15) is 23.9 Å². The van der Waals surface area contributed by atoms with E-state index in [2.05, 4.69) is 10.1 Å². The number of aromatic carboxylic acids is 1. The summed E-state index contributed by atoms with van der Waals surface area (Å²) in [6, 6.07) is 9.28. The molecule has 2 aromatic rings.